The van der Waals surface area contributed by atoms with Crippen LogP contribution in [0, 0.1) is 0 Å². The van der Waals surface area contributed by atoms with Crippen molar-refractivity contribution in [2.45, 2.75) is 0 Å². The van der Waals surface area contributed by atoms with Gasteiger partial charge in [0.2, 0.25) is 0 Å². The lowest BCUT2D eigenvalue weighted by Crippen LogP contribution is -1.93. The predicted octanol–water partition coefficient (Wildman–Crippen LogP) is 3.40. The Balaban J connectivity index is 2.08. The number of nitrogens with one attached hydrogen (secondary N) is 1. The summed E-state index contributed by atoms with van der Waals surface area (Å²) in [7, 11) is 1.61. The molecule has 2 aromatic carbocycles. The largest absolute Gasteiger partial charge is 0.508 e. The SMILES string of the molecule is COc1cccc(Nc2ccnc3c(O)cc(O)cc23)c1. The fourth-order valence-electron chi connectivity index (χ4n) is 2.19. The second kappa shape index (κ2) is 5.20. The van der Waals surface area contributed by atoms with Crippen LogP contribution in [0.4, 0.5) is 11.4 Å². The number of pyridine rings is 1. The van der Waals surface area contributed by atoms with Crippen molar-refractivity contribution in [2.24, 2.45) is 0 Å². The molecule has 0 saturated heterocycles. The molecule has 106 valence electrons. The van der Waals surface area contributed by atoms with E-state index in [4.69, 9.17) is 4.74 Å². The maximum Gasteiger partial charge on any atom is 0.145 e. The Morgan fingerprint density at radius 2 is 1.95 bits per heavy atom. The van der Waals surface area contributed by atoms with Crippen molar-refractivity contribution in [1.29, 1.82) is 0 Å². The van der Waals surface area contributed by atoms with E-state index in [1.54, 1.807) is 25.4 Å². The van der Waals surface area contributed by atoms with Gasteiger partial charge in [-0.3, -0.25) is 4.98 Å². The summed E-state index contributed by atoms with van der Waals surface area (Å²) in [6.07, 6.45) is 1.60. The lowest BCUT2D eigenvalue weighted by atomic mass is 10.1. The zero-order chi connectivity index (χ0) is 14.8. The number of aromatic nitrogens is 1. The molecule has 1 heterocycles. The first-order valence-corrected chi connectivity index (χ1v) is 6.39. The van der Waals surface area contributed by atoms with Crippen molar-refractivity contribution in [3.8, 4) is 17.2 Å². The molecule has 21 heavy (non-hydrogen) atoms. The van der Waals surface area contributed by atoms with Gasteiger partial charge in [-0.25, -0.2) is 0 Å². The number of rotatable bonds is 3. The molecule has 0 aliphatic heterocycles. The van der Waals surface area contributed by atoms with Crippen molar-refractivity contribution in [1.82, 2.24) is 4.98 Å². The normalized spacial score (nSPS) is 10.5. The number of anilines is 2. The van der Waals surface area contributed by atoms with Gasteiger partial charge in [0, 0.05) is 35.1 Å². The molecular formula is C16H14N2O3. The van der Waals surface area contributed by atoms with Crippen molar-refractivity contribution in [2.75, 3.05) is 12.4 Å². The molecule has 0 bridgehead atoms. The highest BCUT2D eigenvalue weighted by Crippen LogP contribution is 2.34. The summed E-state index contributed by atoms with van der Waals surface area (Å²) in [5.41, 5.74) is 2.00. The lowest BCUT2D eigenvalue weighted by molar-refractivity contribution is 0.415. The second-order valence-electron chi connectivity index (χ2n) is 4.58. The summed E-state index contributed by atoms with van der Waals surface area (Å²) in [5, 5.41) is 23.4. The standard InChI is InChI=1S/C16H14N2O3/c1-21-12-4-2-3-10(7-12)18-14-5-6-17-16-13(14)8-11(19)9-15(16)20/h2-9,19-20H,1H3,(H,17,18). The van der Waals surface area contributed by atoms with Gasteiger partial charge in [-0.05, 0) is 24.3 Å². The second-order valence-corrected chi connectivity index (χ2v) is 4.58. The van der Waals surface area contributed by atoms with Crippen LogP contribution in [0.15, 0.2) is 48.7 Å². The van der Waals surface area contributed by atoms with E-state index in [0.717, 1.165) is 17.1 Å². The van der Waals surface area contributed by atoms with Gasteiger partial charge in [-0.2, -0.15) is 0 Å². The topological polar surface area (TPSA) is 74.6 Å². The van der Waals surface area contributed by atoms with Crippen LogP contribution in [0.3, 0.4) is 0 Å². The van der Waals surface area contributed by atoms with E-state index in [2.05, 4.69) is 10.3 Å². The molecule has 3 aromatic rings. The maximum absolute atomic E-state index is 9.85. The number of ether oxygens (including phenoxy) is 1. The first kappa shape index (κ1) is 13.1. The fourth-order valence-corrected chi connectivity index (χ4v) is 2.19. The molecule has 0 aliphatic rings. The van der Waals surface area contributed by atoms with Crippen LogP contribution in [-0.2, 0) is 0 Å². The quantitative estimate of drug-likeness (QED) is 0.686. The smallest absolute Gasteiger partial charge is 0.145 e. The molecular weight excluding hydrogens is 268 g/mol. The molecule has 0 atom stereocenters. The van der Waals surface area contributed by atoms with Gasteiger partial charge < -0.3 is 20.3 Å². The number of phenols is 2. The van der Waals surface area contributed by atoms with Gasteiger partial charge in [-0.1, -0.05) is 6.07 Å². The fraction of sp³-hybridized carbons (Fsp3) is 0.0625. The minimum absolute atomic E-state index is 0.0123. The van der Waals surface area contributed by atoms with Crippen molar-refractivity contribution >= 4 is 22.3 Å². The summed E-state index contributed by atoms with van der Waals surface area (Å²) in [4.78, 5) is 4.13. The molecule has 3 N–H and O–H groups in total. The number of phenolic OH excluding ortho intramolecular Hbond substituents is 2. The van der Waals surface area contributed by atoms with Crippen LogP contribution in [0.1, 0.15) is 0 Å². The lowest BCUT2D eigenvalue weighted by Gasteiger charge is -2.11. The molecule has 5 nitrogen and oxygen atoms in total. The maximum atomic E-state index is 9.85. The molecule has 0 radical (unpaired) electrons. The summed E-state index contributed by atoms with van der Waals surface area (Å²) in [6, 6.07) is 12.1. The Kier molecular flexibility index (Phi) is 3.23. The zero-order valence-electron chi connectivity index (χ0n) is 11.4. The average Bonchev–Trinajstić information content (AvgIpc) is 2.48. The van der Waals surface area contributed by atoms with Crippen LogP contribution < -0.4 is 10.1 Å². The summed E-state index contributed by atoms with van der Waals surface area (Å²) in [5.74, 6) is 0.671. The number of nitrogens with zero attached hydrogens (tertiary/aromatic N) is 1. The minimum Gasteiger partial charge on any atom is -0.508 e. The van der Waals surface area contributed by atoms with Gasteiger partial charge in [0.15, 0.2) is 0 Å². The third kappa shape index (κ3) is 2.53. The number of methoxy groups -OCH3 is 1. The van der Waals surface area contributed by atoms with E-state index in [0.29, 0.717) is 10.9 Å². The molecule has 3 rings (SSSR count). The van der Waals surface area contributed by atoms with E-state index < -0.39 is 0 Å². The molecule has 0 fully saturated rings. The molecule has 0 amide bonds. The summed E-state index contributed by atoms with van der Waals surface area (Å²) >= 11 is 0. The number of benzene rings is 2. The van der Waals surface area contributed by atoms with Gasteiger partial charge in [0.25, 0.3) is 0 Å². The molecule has 1 aromatic heterocycles. The van der Waals surface area contributed by atoms with Crippen LogP contribution >= 0.6 is 0 Å². The molecule has 5 heteroatoms. The van der Waals surface area contributed by atoms with Gasteiger partial charge in [0.05, 0.1) is 7.11 Å². The van der Waals surface area contributed by atoms with Crippen LogP contribution in [0.2, 0.25) is 0 Å². The van der Waals surface area contributed by atoms with E-state index >= 15 is 0 Å². The molecule has 0 spiro atoms. The third-order valence-corrected chi connectivity index (χ3v) is 3.16. The number of hydrogen-bond donors (Lipinski definition) is 3. The van der Waals surface area contributed by atoms with Crippen molar-refractivity contribution < 1.29 is 14.9 Å². The van der Waals surface area contributed by atoms with Crippen LogP contribution in [0.5, 0.6) is 17.2 Å². The Bertz CT molecular complexity index is 803. The van der Waals surface area contributed by atoms with Crippen molar-refractivity contribution in [3.05, 3.63) is 48.7 Å². The Labute approximate surface area is 121 Å². The van der Waals surface area contributed by atoms with E-state index in [1.807, 2.05) is 24.3 Å². The zero-order valence-corrected chi connectivity index (χ0v) is 11.4. The van der Waals surface area contributed by atoms with E-state index in [9.17, 15) is 10.2 Å². The number of aromatic hydroxyl groups is 2. The highest BCUT2D eigenvalue weighted by atomic mass is 16.5. The van der Waals surface area contributed by atoms with Gasteiger partial charge >= 0.3 is 0 Å². The monoisotopic (exact) mass is 282 g/mol. The van der Waals surface area contributed by atoms with Gasteiger partial charge in [0.1, 0.15) is 22.8 Å². The predicted molar refractivity (Wildman–Crippen MR) is 81.3 cm³/mol. The third-order valence-electron chi connectivity index (χ3n) is 3.16. The van der Waals surface area contributed by atoms with Crippen LogP contribution in [-0.4, -0.2) is 22.3 Å². The van der Waals surface area contributed by atoms with E-state index in [1.165, 1.54) is 6.07 Å². The molecule has 0 saturated carbocycles. The molecule has 0 unspecified atom stereocenters. The van der Waals surface area contributed by atoms with E-state index in [-0.39, 0.29) is 11.5 Å². The summed E-state index contributed by atoms with van der Waals surface area (Å²) in [6.45, 7) is 0. The summed E-state index contributed by atoms with van der Waals surface area (Å²) < 4.78 is 5.19. The minimum atomic E-state index is -0.0562. The highest BCUT2D eigenvalue weighted by molar-refractivity contribution is 5.97. The van der Waals surface area contributed by atoms with Gasteiger partial charge in [-0.15, -0.1) is 0 Å². The first-order valence-electron chi connectivity index (χ1n) is 6.39. The Morgan fingerprint density at radius 1 is 1.10 bits per heavy atom. The molecule has 0 aliphatic carbocycles. The average molecular weight is 282 g/mol. The Hall–Kier alpha value is -2.95. The number of hydrogen-bond acceptors (Lipinski definition) is 5. The number of fused-ring (bicyclic) bond motifs is 1. The van der Waals surface area contributed by atoms with Crippen molar-refractivity contribution in [3.63, 3.8) is 0 Å². The Morgan fingerprint density at radius 3 is 2.76 bits per heavy atom. The highest BCUT2D eigenvalue weighted by Gasteiger charge is 2.08. The first-order chi connectivity index (χ1) is 10.2. The van der Waals surface area contributed by atoms with Crippen LogP contribution in [0.25, 0.3) is 10.9 Å².